The van der Waals surface area contributed by atoms with Crippen molar-refractivity contribution in [3.05, 3.63) is 16.6 Å². The maximum atomic E-state index is 11.9. The van der Waals surface area contributed by atoms with Gasteiger partial charge in [0.05, 0.1) is 12.1 Å². The van der Waals surface area contributed by atoms with Gasteiger partial charge in [0.15, 0.2) is 18.1 Å². The molecule has 0 aromatic heterocycles. The van der Waals surface area contributed by atoms with Crippen molar-refractivity contribution >= 4 is 33.5 Å². The Bertz CT molecular complexity index is 609. The first-order valence-corrected chi connectivity index (χ1v) is 8.08. The van der Waals surface area contributed by atoms with Crippen LogP contribution in [0, 0.1) is 5.41 Å². The predicted octanol–water partition coefficient (Wildman–Crippen LogP) is 3.14. The van der Waals surface area contributed by atoms with Gasteiger partial charge in [0.25, 0.3) is 5.91 Å². The molecule has 0 saturated carbocycles. The van der Waals surface area contributed by atoms with Crippen LogP contribution in [-0.2, 0) is 14.3 Å². The van der Waals surface area contributed by atoms with E-state index in [-0.39, 0.29) is 18.4 Å². The number of benzene rings is 1. The van der Waals surface area contributed by atoms with Gasteiger partial charge in [-0.3, -0.25) is 9.59 Å². The summed E-state index contributed by atoms with van der Waals surface area (Å²) in [5, 5.41) is 2.68. The van der Waals surface area contributed by atoms with Crippen molar-refractivity contribution in [3.8, 4) is 11.5 Å². The second kappa shape index (κ2) is 7.21. The van der Waals surface area contributed by atoms with Gasteiger partial charge >= 0.3 is 5.97 Å². The molecule has 7 heteroatoms. The molecular formula is C16H20BrNO5. The zero-order valence-corrected chi connectivity index (χ0v) is 15.0. The summed E-state index contributed by atoms with van der Waals surface area (Å²) >= 11 is 3.37. The minimum atomic E-state index is -0.412. The van der Waals surface area contributed by atoms with Crippen LogP contribution in [0.1, 0.15) is 27.2 Å². The van der Waals surface area contributed by atoms with Crippen molar-refractivity contribution in [3.63, 3.8) is 0 Å². The Morgan fingerprint density at radius 3 is 2.43 bits per heavy atom. The average molecular weight is 386 g/mol. The number of hydrogen-bond donors (Lipinski definition) is 1. The first-order valence-electron chi connectivity index (χ1n) is 7.29. The van der Waals surface area contributed by atoms with Crippen molar-refractivity contribution in [1.82, 2.24) is 0 Å². The van der Waals surface area contributed by atoms with E-state index < -0.39 is 11.9 Å². The van der Waals surface area contributed by atoms with Crippen LogP contribution in [0.2, 0.25) is 0 Å². The van der Waals surface area contributed by atoms with E-state index >= 15 is 0 Å². The lowest BCUT2D eigenvalue weighted by Gasteiger charge is -2.20. The number of halogens is 1. The number of nitrogens with one attached hydrogen (secondary N) is 1. The number of hydrogen-bond acceptors (Lipinski definition) is 5. The molecule has 1 aliphatic heterocycles. The first kappa shape index (κ1) is 17.6. The highest BCUT2D eigenvalue weighted by atomic mass is 79.9. The fraction of sp³-hybridized carbons (Fsp3) is 0.500. The Morgan fingerprint density at radius 1 is 1.22 bits per heavy atom. The van der Waals surface area contributed by atoms with Crippen LogP contribution in [0.15, 0.2) is 16.6 Å². The van der Waals surface area contributed by atoms with E-state index in [0.717, 1.165) is 0 Å². The van der Waals surface area contributed by atoms with Gasteiger partial charge < -0.3 is 19.5 Å². The largest absolute Gasteiger partial charge is 0.486 e. The Hall–Kier alpha value is -1.76. The van der Waals surface area contributed by atoms with Crippen LogP contribution in [0.25, 0.3) is 0 Å². The summed E-state index contributed by atoms with van der Waals surface area (Å²) < 4.78 is 16.6. The predicted molar refractivity (Wildman–Crippen MR) is 88.8 cm³/mol. The number of carbonyl (C=O) groups is 2. The fourth-order valence-electron chi connectivity index (χ4n) is 1.98. The van der Waals surface area contributed by atoms with Crippen molar-refractivity contribution < 1.29 is 23.8 Å². The molecule has 1 amide bonds. The first-order chi connectivity index (χ1) is 10.7. The minimum Gasteiger partial charge on any atom is -0.486 e. The van der Waals surface area contributed by atoms with E-state index in [1.807, 2.05) is 20.8 Å². The molecule has 1 aliphatic rings. The van der Waals surface area contributed by atoms with Crippen molar-refractivity contribution in [2.75, 3.05) is 25.1 Å². The van der Waals surface area contributed by atoms with Gasteiger partial charge in [-0.1, -0.05) is 20.8 Å². The van der Waals surface area contributed by atoms with Gasteiger partial charge in [0.1, 0.15) is 13.2 Å². The monoisotopic (exact) mass is 385 g/mol. The number of fused-ring (bicyclic) bond motifs is 1. The fourth-order valence-corrected chi connectivity index (χ4v) is 2.40. The van der Waals surface area contributed by atoms with Crippen LogP contribution in [0.3, 0.4) is 0 Å². The van der Waals surface area contributed by atoms with Crippen molar-refractivity contribution in [2.24, 2.45) is 5.41 Å². The van der Waals surface area contributed by atoms with E-state index in [0.29, 0.717) is 34.9 Å². The van der Waals surface area contributed by atoms with Gasteiger partial charge in [0.2, 0.25) is 0 Å². The van der Waals surface area contributed by atoms with Gasteiger partial charge in [-0.15, -0.1) is 0 Å². The molecule has 23 heavy (non-hydrogen) atoms. The summed E-state index contributed by atoms with van der Waals surface area (Å²) in [7, 11) is 0. The summed E-state index contributed by atoms with van der Waals surface area (Å²) in [6.07, 6.45) is 0.258. The van der Waals surface area contributed by atoms with Crippen LogP contribution >= 0.6 is 15.9 Å². The Balaban J connectivity index is 1.91. The Labute approximate surface area is 143 Å². The van der Waals surface area contributed by atoms with Crippen LogP contribution in [0.4, 0.5) is 5.69 Å². The molecule has 126 valence electrons. The van der Waals surface area contributed by atoms with Crippen molar-refractivity contribution in [1.29, 1.82) is 0 Å². The molecule has 0 aliphatic carbocycles. The lowest BCUT2D eigenvalue weighted by molar-refractivity contribution is -0.149. The van der Waals surface area contributed by atoms with E-state index in [4.69, 9.17) is 14.2 Å². The molecule has 1 N–H and O–H groups in total. The number of rotatable bonds is 4. The second-order valence-electron chi connectivity index (χ2n) is 6.42. The molecule has 0 unspecified atom stereocenters. The van der Waals surface area contributed by atoms with E-state index in [1.165, 1.54) is 0 Å². The zero-order valence-electron chi connectivity index (χ0n) is 13.4. The highest BCUT2D eigenvalue weighted by Crippen LogP contribution is 2.38. The SMILES string of the molecule is CC(C)(C)CC(=O)OCC(=O)Nc1cc2c(cc1Br)OCCO2. The van der Waals surface area contributed by atoms with Gasteiger partial charge in [-0.2, -0.15) is 0 Å². The molecule has 0 radical (unpaired) electrons. The quantitative estimate of drug-likeness (QED) is 0.805. The van der Waals surface area contributed by atoms with Gasteiger partial charge in [-0.25, -0.2) is 0 Å². The van der Waals surface area contributed by atoms with Gasteiger partial charge in [-0.05, 0) is 21.3 Å². The van der Waals surface area contributed by atoms with Crippen LogP contribution < -0.4 is 14.8 Å². The maximum absolute atomic E-state index is 11.9. The number of carbonyl (C=O) groups excluding carboxylic acids is 2. The van der Waals surface area contributed by atoms with Crippen LogP contribution in [-0.4, -0.2) is 31.7 Å². The second-order valence-corrected chi connectivity index (χ2v) is 7.28. The highest BCUT2D eigenvalue weighted by Gasteiger charge is 2.19. The molecule has 1 aromatic carbocycles. The van der Waals surface area contributed by atoms with Gasteiger partial charge in [0, 0.05) is 16.6 Å². The van der Waals surface area contributed by atoms with E-state index in [9.17, 15) is 9.59 Å². The molecule has 6 nitrogen and oxygen atoms in total. The molecule has 1 heterocycles. The smallest absolute Gasteiger partial charge is 0.306 e. The lowest BCUT2D eigenvalue weighted by Crippen LogP contribution is -2.23. The molecule has 0 fully saturated rings. The number of amides is 1. The zero-order chi connectivity index (χ0) is 17.0. The number of anilines is 1. The normalized spacial score (nSPS) is 13.4. The molecule has 0 saturated heterocycles. The third-order valence-corrected chi connectivity index (χ3v) is 3.60. The Kier molecular flexibility index (Phi) is 5.51. The standard InChI is InChI=1S/C16H20BrNO5/c1-16(2,3)8-15(20)23-9-14(19)18-11-7-13-12(6-10(11)17)21-4-5-22-13/h6-7H,4-5,8-9H2,1-3H3,(H,18,19). The third-order valence-electron chi connectivity index (χ3n) is 2.94. The minimum absolute atomic E-state index is 0.174. The summed E-state index contributed by atoms with van der Waals surface area (Å²) in [6.45, 7) is 6.43. The maximum Gasteiger partial charge on any atom is 0.306 e. The summed E-state index contributed by atoms with van der Waals surface area (Å²) in [5.41, 5.74) is 0.359. The molecule has 0 atom stereocenters. The van der Waals surface area contributed by atoms with E-state index in [1.54, 1.807) is 12.1 Å². The lowest BCUT2D eigenvalue weighted by atomic mass is 9.92. The van der Waals surface area contributed by atoms with Crippen molar-refractivity contribution in [2.45, 2.75) is 27.2 Å². The molecular weight excluding hydrogens is 366 g/mol. The Morgan fingerprint density at radius 2 is 1.83 bits per heavy atom. The molecule has 0 spiro atoms. The number of esters is 1. The molecule has 0 bridgehead atoms. The average Bonchev–Trinajstić information content (AvgIpc) is 2.44. The van der Waals surface area contributed by atoms with E-state index in [2.05, 4.69) is 21.2 Å². The topological polar surface area (TPSA) is 73.9 Å². The number of ether oxygens (including phenoxy) is 3. The molecule has 2 rings (SSSR count). The molecule has 1 aromatic rings. The van der Waals surface area contributed by atoms with Crippen LogP contribution in [0.5, 0.6) is 11.5 Å². The summed E-state index contributed by atoms with van der Waals surface area (Å²) in [4.78, 5) is 23.5. The summed E-state index contributed by atoms with van der Waals surface area (Å²) in [5.74, 6) is 0.385. The third kappa shape index (κ3) is 5.42. The summed E-state index contributed by atoms with van der Waals surface area (Å²) in [6, 6.07) is 3.41. The highest BCUT2D eigenvalue weighted by molar-refractivity contribution is 9.10.